The fraction of sp³-hybridized carbons (Fsp3) is 0.857. The minimum absolute atomic E-state index is 0.281. The number of nitrogens with zero attached hydrogens (tertiary/aromatic N) is 1. The number of methoxy groups -OCH3 is 1. The van der Waals surface area contributed by atoms with Gasteiger partial charge in [0.2, 0.25) is 0 Å². The summed E-state index contributed by atoms with van der Waals surface area (Å²) in [6, 6.07) is 0.281. The third-order valence-electron chi connectivity index (χ3n) is 1.90. The van der Waals surface area contributed by atoms with E-state index in [4.69, 9.17) is 15.2 Å². The standard InChI is InChI=1S/C7H14N2O2/c1-3-7(5-10-2)4-9-6(8)11-7/h3-5H2,1-2H3,(H2,8,9). The maximum atomic E-state index is 5.39. The summed E-state index contributed by atoms with van der Waals surface area (Å²) in [6.45, 7) is 3.20. The van der Waals surface area contributed by atoms with Crippen LogP contribution >= 0.6 is 0 Å². The summed E-state index contributed by atoms with van der Waals surface area (Å²) in [5.74, 6) is 0. The molecule has 0 amide bonds. The predicted octanol–water partition coefficient (Wildman–Crippen LogP) is 0.127. The Bertz CT molecular complexity index is 170. The normalized spacial score (nSPS) is 29.8. The van der Waals surface area contributed by atoms with Crippen LogP contribution in [0.5, 0.6) is 0 Å². The van der Waals surface area contributed by atoms with Gasteiger partial charge >= 0.3 is 0 Å². The average Bonchev–Trinajstić information content (AvgIpc) is 2.34. The molecule has 1 rings (SSSR count). The number of nitrogens with two attached hydrogens (primary N) is 1. The topological polar surface area (TPSA) is 56.8 Å². The van der Waals surface area contributed by atoms with E-state index in [-0.39, 0.29) is 11.6 Å². The molecule has 11 heavy (non-hydrogen) atoms. The monoisotopic (exact) mass is 158 g/mol. The number of hydrogen-bond acceptors (Lipinski definition) is 4. The molecule has 0 saturated heterocycles. The largest absolute Gasteiger partial charge is 0.454 e. The molecule has 0 radical (unpaired) electrons. The van der Waals surface area contributed by atoms with E-state index in [1.165, 1.54) is 0 Å². The van der Waals surface area contributed by atoms with Crippen LogP contribution in [-0.2, 0) is 9.47 Å². The van der Waals surface area contributed by atoms with Gasteiger partial charge in [0, 0.05) is 7.11 Å². The maximum Gasteiger partial charge on any atom is 0.282 e. The van der Waals surface area contributed by atoms with Crippen LogP contribution in [0.2, 0.25) is 0 Å². The average molecular weight is 158 g/mol. The third-order valence-corrected chi connectivity index (χ3v) is 1.90. The fourth-order valence-corrected chi connectivity index (χ4v) is 1.13. The van der Waals surface area contributed by atoms with Crippen LogP contribution in [-0.4, -0.2) is 31.9 Å². The van der Waals surface area contributed by atoms with Gasteiger partial charge in [-0.2, -0.15) is 0 Å². The Morgan fingerprint density at radius 2 is 2.55 bits per heavy atom. The van der Waals surface area contributed by atoms with Gasteiger partial charge in [-0.3, -0.25) is 0 Å². The first-order valence-electron chi connectivity index (χ1n) is 3.70. The van der Waals surface area contributed by atoms with Crippen LogP contribution in [0.1, 0.15) is 13.3 Å². The number of hydrogen-bond donors (Lipinski definition) is 1. The highest BCUT2D eigenvalue weighted by atomic mass is 16.6. The smallest absolute Gasteiger partial charge is 0.282 e. The third kappa shape index (κ3) is 1.63. The minimum atomic E-state index is -0.293. The molecule has 4 nitrogen and oxygen atoms in total. The second-order valence-electron chi connectivity index (χ2n) is 2.73. The summed E-state index contributed by atoms with van der Waals surface area (Å²) in [7, 11) is 1.65. The van der Waals surface area contributed by atoms with Crippen molar-refractivity contribution in [2.45, 2.75) is 18.9 Å². The van der Waals surface area contributed by atoms with Crippen molar-refractivity contribution in [2.24, 2.45) is 10.7 Å². The minimum Gasteiger partial charge on any atom is -0.454 e. The highest BCUT2D eigenvalue weighted by molar-refractivity contribution is 5.73. The Morgan fingerprint density at radius 1 is 1.82 bits per heavy atom. The van der Waals surface area contributed by atoms with Crippen molar-refractivity contribution in [3.05, 3.63) is 0 Å². The van der Waals surface area contributed by atoms with E-state index in [0.29, 0.717) is 13.2 Å². The van der Waals surface area contributed by atoms with E-state index in [9.17, 15) is 0 Å². The zero-order chi connectivity index (χ0) is 8.32. The molecule has 0 aromatic carbocycles. The van der Waals surface area contributed by atoms with Gasteiger partial charge in [0.05, 0.1) is 13.2 Å². The molecule has 1 atom stereocenters. The molecule has 0 aliphatic carbocycles. The molecule has 0 saturated carbocycles. The fourth-order valence-electron chi connectivity index (χ4n) is 1.13. The molecule has 0 spiro atoms. The Labute approximate surface area is 66.4 Å². The molecule has 64 valence electrons. The van der Waals surface area contributed by atoms with Gasteiger partial charge in [0.15, 0.2) is 5.60 Å². The van der Waals surface area contributed by atoms with Gasteiger partial charge in [0.25, 0.3) is 6.02 Å². The zero-order valence-corrected chi connectivity index (χ0v) is 6.96. The molecular weight excluding hydrogens is 144 g/mol. The van der Waals surface area contributed by atoms with E-state index in [1.807, 2.05) is 6.92 Å². The first-order valence-corrected chi connectivity index (χ1v) is 3.70. The van der Waals surface area contributed by atoms with Crippen LogP contribution in [0.3, 0.4) is 0 Å². The number of ether oxygens (including phenoxy) is 2. The summed E-state index contributed by atoms with van der Waals surface area (Å²) >= 11 is 0. The number of rotatable bonds is 3. The first kappa shape index (κ1) is 8.33. The lowest BCUT2D eigenvalue weighted by Gasteiger charge is -2.24. The molecule has 4 heteroatoms. The van der Waals surface area contributed by atoms with Gasteiger partial charge in [-0.25, -0.2) is 4.99 Å². The Kier molecular flexibility index (Phi) is 2.34. The van der Waals surface area contributed by atoms with E-state index in [0.717, 1.165) is 6.42 Å². The highest BCUT2D eigenvalue weighted by Crippen LogP contribution is 2.21. The van der Waals surface area contributed by atoms with Crippen molar-refractivity contribution in [1.82, 2.24) is 0 Å². The van der Waals surface area contributed by atoms with Gasteiger partial charge in [0.1, 0.15) is 0 Å². The van der Waals surface area contributed by atoms with Gasteiger partial charge in [-0.05, 0) is 6.42 Å². The number of aliphatic imine (C=N–C) groups is 1. The van der Waals surface area contributed by atoms with Gasteiger partial charge < -0.3 is 15.2 Å². The summed E-state index contributed by atoms with van der Waals surface area (Å²) in [4.78, 5) is 3.97. The Hall–Kier alpha value is -0.770. The van der Waals surface area contributed by atoms with Crippen molar-refractivity contribution in [2.75, 3.05) is 20.3 Å². The van der Waals surface area contributed by atoms with E-state index < -0.39 is 0 Å². The van der Waals surface area contributed by atoms with Crippen LogP contribution < -0.4 is 5.73 Å². The first-order chi connectivity index (χ1) is 5.22. The molecule has 1 unspecified atom stereocenters. The second kappa shape index (κ2) is 3.09. The molecule has 1 aliphatic rings. The summed E-state index contributed by atoms with van der Waals surface area (Å²) in [6.07, 6.45) is 0.866. The summed E-state index contributed by atoms with van der Waals surface area (Å²) in [5.41, 5.74) is 5.10. The van der Waals surface area contributed by atoms with Crippen molar-refractivity contribution < 1.29 is 9.47 Å². The zero-order valence-electron chi connectivity index (χ0n) is 6.96. The lowest BCUT2D eigenvalue weighted by atomic mass is 10.0. The molecule has 1 heterocycles. The molecule has 0 aromatic heterocycles. The number of amidine groups is 1. The predicted molar refractivity (Wildman–Crippen MR) is 42.5 cm³/mol. The van der Waals surface area contributed by atoms with Crippen molar-refractivity contribution in [3.8, 4) is 0 Å². The van der Waals surface area contributed by atoms with E-state index in [2.05, 4.69) is 4.99 Å². The molecule has 2 N–H and O–H groups in total. The summed E-state index contributed by atoms with van der Waals surface area (Å²) in [5, 5.41) is 0. The van der Waals surface area contributed by atoms with Crippen molar-refractivity contribution in [3.63, 3.8) is 0 Å². The van der Waals surface area contributed by atoms with Gasteiger partial charge in [-0.1, -0.05) is 6.92 Å². The van der Waals surface area contributed by atoms with Crippen molar-refractivity contribution >= 4 is 6.02 Å². The lowest BCUT2D eigenvalue weighted by Crippen LogP contribution is -2.38. The van der Waals surface area contributed by atoms with E-state index >= 15 is 0 Å². The van der Waals surface area contributed by atoms with Crippen LogP contribution in [0.15, 0.2) is 4.99 Å². The van der Waals surface area contributed by atoms with Crippen LogP contribution in [0.25, 0.3) is 0 Å². The van der Waals surface area contributed by atoms with Crippen LogP contribution in [0.4, 0.5) is 0 Å². The van der Waals surface area contributed by atoms with Crippen LogP contribution in [0, 0.1) is 0 Å². The quantitative estimate of drug-likeness (QED) is 0.635. The Balaban J connectivity index is 2.52. The van der Waals surface area contributed by atoms with Crippen molar-refractivity contribution in [1.29, 1.82) is 0 Å². The lowest BCUT2D eigenvalue weighted by molar-refractivity contribution is -0.00154. The molecule has 0 bridgehead atoms. The summed E-state index contributed by atoms with van der Waals surface area (Å²) < 4.78 is 10.4. The van der Waals surface area contributed by atoms with E-state index in [1.54, 1.807) is 7.11 Å². The van der Waals surface area contributed by atoms with Gasteiger partial charge in [-0.15, -0.1) is 0 Å². The maximum absolute atomic E-state index is 5.39. The molecule has 0 fully saturated rings. The molecular formula is C7H14N2O2. The molecule has 1 aliphatic heterocycles. The SMILES string of the molecule is CCC1(COC)CN=C(N)O1. The second-order valence-corrected chi connectivity index (χ2v) is 2.73. The molecule has 0 aromatic rings. The Morgan fingerprint density at radius 3 is 2.91 bits per heavy atom. The highest BCUT2D eigenvalue weighted by Gasteiger charge is 2.35.